The summed E-state index contributed by atoms with van der Waals surface area (Å²) in [5.74, 6) is 0.610. The Balaban J connectivity index is 2.10. The number of methoxy groups -OCH3 is 1. The minimum absolute atomic E-state index is 0.193. The van der Waals surface area contributed by atoms with Gasteiger partial charge < -0.3 is 15.2 Å². The third-order valence-electron chi connectivity index (χ3n) is 4.76. The first-order valence-electron chi connectivity index (χ1n) is 9.23. The van der Waals surface area contributed by atoms with Crippen molar-refractivity contribution in [1.29, 1.82) is 0 Å². The van der Waals surface area contributed by atoms with Gasteiger partial charge in [-0.3, -0.25) is 4.79 Å². The topological polar surface area (TPSA) is 96.4 Å². The van der Waals surface area contributed by atoms with Crippen LogP contribution in [0.2, 0.25) is 0 Å². The molecule has 0 fully saturated rings. The summed E-state index contributed by atoms with van der Waals surface area (Å²) < 4.78 is 11.9. The van der Waals surface area contributed by atoms with Crippen LogP contribution < -0.4 is 16.0 Å². The number of ether oxygens (including phenoxy) is 2. The molecule has 0 aliphatic carbocycles. The normalized spacial score (nSPS) is 12.6. The van der Waals surface area contributed by atoms with Crippen LogP contribution in [0.25, 0.3) is 22.0 Å². The molecule has 0 bridgehead atoms. The van der Waals surface area contributed by atoms with Gasteiger partial charge in [0, 0.05) is 23.4 Å². The molecule has 1 aromatic heterocycles. The molecule has 1 atom stereocenters. The second-order valence-electron chi connectivity index (χ2n) is 7.99. The Morgan fingerprint density at radius 2 is 1.76 bits per heavy atom. The monoisotopic (exact) mass is 395 g/mol. The Labute approximate surface area is 169 Å². The molecule has 0 aliphatic rings. The van der Waals surface area contributed by atoms with Crippen molar-refractivity contribution in [1.82, 2.24) is 9.78 Å². The van der Waals surface area contributed by atoms with Gasteiger partial charge in [-0.15, -0.1) is 0 Å². The lowest BCUT2D eigenvalue weighted by molar-refractivity contribution is 0.0360. The predicted molar refractivity (Wildman–Crippen MR) is 112 cm³/mol. The molecule has 3 rings (SSSR count). The van der Waals surface area contributed by atoms with Gasteiger partial charge >= 0.3 is 6.09 Å². The van der Waals surface area contributed by atoms with Gasteiger partial charge in [-0.25, -0.2) is 9.48 Å². The molecule has 29 heavy (non-hydrogen) atoms. The zero-order chi connectivity index (χ0) is 21.3. The number of carbonyl (C=O) groups is 1. The van der Waals surface area contributed by atoms with E-state index in [2.05, 4.69) is 5.10 Å². The summed E-state index contributed by atoms with van der Waals surface area (Å²) in [6, 6.07) is 12.9. The summed E-state index contributed by atoms with van der Waals surface area (Å²) in [7, 11) is 3.18. The van der Waals surface area contributed by atoms with Gasteiger partial charge in [0.15, 0.2) is 0 Å². The molecule has 2 aromatic carbocycles. The first-order chi connectivity index (χ1) is 13.6. The number of hydrogen-bond donors (Lipinski definition) is 1. The summed E-state index contributed by atoms with van der Waals surface area (Å²) in [4.78, 5) is 23.9. The molecule has 0 saturated heterocycles. The number of hydrogen-bond acceptors (Lipinski definition) is 5. The van der Waals surface area contributed by atoms with Crippen molar-refractivity contribution in [2.24, 2.45) is 18.2 Å². The second-order valence-corrected chi connectivity index (χ2v) is 7.99. The molecule has 152 valence electrons. The van der Waals surface area contributed by atoms with Gasteiger partial charge in [0.2, 0.25) is 0 Å². The van der Waals surface area contributed by atoms with E-state index in [0.717, 1.165) is 16.5 Å². The highest BCUT2D eigenvalue weighted by Crippen LogP contribution is 2.37. The smallest absolute Gasteiger partial charge is 0.405 e. The van der Waals surface area contributed by atoms with Crippen LogP contribution in [0.15, 0.2) is 47.3 Å². The Morgan fingerprint density at radius 3 is 2.31 bits per heavy atom. The third-order valence-corrected chi connectivity index (χ3v) is 4.76. The van der Waals surface area contributed by atoms with Crippen LogP contribution in [0, 0.1) is 5.41 Å². The minimum Gasteiger partial charge on any atom is -0.497 e. The molecule has 7 nitrogen and oxygen atoms in total. The van der Waals surface area contributed by atoms with Crippen molar-refractivity contribution >= 4 is 16.9 Å². The number of rotatable bonds is 4. The first kappa shape index (κ1) is 20.4. The minimum atomic E-state index is -0.811. The number of aryl methyl sites for hydroxylation is 1. The first-order valence-corrected chi connectivity index (χ1v) is 9.23. The van der Waals surface area contributed by atoms with E-state index in [-0.39, 0.29) is 11.0 Å². The lowest BCUT2D eigenvalue weighted by atomic mass is 9.84. The van der Waals surface area contributed by atoms with Crippen LogP contribution in [-0.2, 0) is 11.8 Å². The average Bonchev–Trinajstić information content (AvgIpc) is 2.68. The zero-order valence-corrected chi connectivity index (χ0v) is 17.2. The van der Waals surface area contributed by atoms with Crippen molar-refractivity contribution in [3.05, 3.63) is 58.4 Å². The van der Waals surface area contributed by atoms with E-state index in [9.17, 15) is 9.59 Å². The molecule has 3 aromatic rings. The highest BCUT2D eigenvalue weighted by molar-refractivity contribution is 5.94. The van der Waals surface area contributed by atoms with E-state index in [1.54, 1.807) is 26.3 Å². The van der Waals surface area contributed by atoms with Crippen LogP contribution in [0.3, 0.4) is 0 Å². The summed E-state index contributed by atoms with van der Waals surface area (Å²) in [6.45, 7) is 5.93. The summed E-state index contributed by atoms with van der Waals surface area (Å²) in [6.07, 6.45) is -1.29. The van der Waals surface area contributed by atoms with Gasteiger partial charge in [-0.2, -0.15) is 5.10 Å². The summed E-state index contributed by atoms with van der Waals surface area (Å²) >= 11 is 0. The standard InChI is InChI=1S/C22H25N3O4/c1-22(2,3)19(29-21(23)27)14-8-6-13(7-9-14)18-16-11-10-15(28-5)12-17(16)20(26)25(4)24-18/h6-12,19H,1-5H3,(H2,23,27). The lowest BCUT2D eigenvalue weighted by Gasteiger charge is -2.30. The van der Waals surface area contributed by atoms with Gasteiger partial charge in [0.1, 0.15) is 11.9 Å². The molecule has 7 heteroatoms. The molecule has 0 aliphatic heterocycles. The van der Waals surface area contributed by atoms with E-state index in [1.807, 2.05) is 51.1 Å². The SMILES string of the molecule is COc1ccc2c(-c3ccc(C(OC(N)=O)C(C)(C)C)cc3)nn(C)c(=O)c2c1. The Morgan fingerprint density at radius 1 is 1.10 bits per heavy atom. The van der Waals surface area contributed by atoms with Gasteiger partial charge in [-0.05, 0) is 23.8 Å². The van der Waals surface area contributed by atoms with Crippen molar-refractivity contribution in [3.8, 4) is 17.0 Å². The van der Waals surface area contributed by atoms with E-state index >= 15 is 0 Å². The molecular weight excluding hydrogens is 370 g/mol. The number of primary amides is 1. The molecule has 1 unspecified atom stereocenters. The van der Waals surface area contributed by atoms with Crippen LogP contribution in [0.5, 0.6) is 5.75 Å². The number of fused-ring (bicyclic) bond motifs is 1. The summed E-state index contributed by atoms with van der Waals surface area (Å²) in [5, 5.41) is 5.73. The molecule has 0 saturated carbocycles. The van der Waals surface area contributed by atoms with Gasteiger partial charge in [0.05, 0.1) is 18.2 Å². The fourth-order valence-electron chi connectivity index (χ4n) is 3.35. The van der Waals surface area contributed by atoms with E-state index in [4.69, 9.17) is 15.2 Å². The highest BCUT2D eigenvalue weighted by Gasteiger charge is 2.29. The van der Waals surface area contributed by atoms with Crippen LogP contribution >= 0.6 is 0 Å². The van der Waals surface area contributed by atoms with Crippen LogP contribution in [-0.4, -0.2) is 23.0 Å². The Hall–Kier alpha value is -3.35. The van der Waals surface area contributed by atoms with Crippen molar-refractivity contribution in [2.75, 3.05) is 7.11 Å². The van der Waals surface area contributed by atoms with Crippen molar-refractivity contribution < 1.29 is 14.3 Å². The fraction of sp³-hybridized carbons (Fsp3) is 0.318. The van der Waals surface area contributed by atoms with Crippen molar-refractivity contribution in [2.45, 2.75) is 26.9 Å². The van der Waals surface area contributed by atoms with E-state index in [0.29, 0.717) is 16.8 Å². The third kappa shape index (κ3) is 4.08. The second kappa shape index (κ2) is 7.58. The lowest BCUT2D eigenvalue weighted by Crippen LogP contribution is -2.26. The molecular formula is C22H25N3O4. The number of amides is 1. The van der Waals surface area contributed by atoms with Crippen LogP contribution in [0.4, 0.5) is 4.79 Å². The molecule has 1 amide bonds. The molecule has 0 spiro atoms. The maximum absolute atomic E-state index is 12.5. The Kier molecular flexibility index (Phi) is 5.33. The fourth-order valence-corrected chi connectivity index (χ4v) is 3.35. The predicted octanol–water partition coefficient (Wildman–Crippen LogP) is 3.79. The maximum Gasteiger partial charge on any atom is 0.405 e. The van der Waals surface area contributed by atoms with Gasteiger partial charge in [0.25, 0.3) is 5.56 Å². The van der Waals surface area contributed by atoms with E-state index < -0.39 is 12.2 Å². The maximum atomic E-state index is 12.5. The zero-order valence-electron chi connectivity index (χ0n) is 17.2. The highest BCUT2D eigenvalue weighted by atomic mass is 16.6. The van der Waals surface area contributed by atoms with Gasteiger partial charge in [-0.1, -0.05) is 45.0 Å². The largest absolute Gasteiger partial charge is 0.497 e. The van der Waals surface area contributed by atoms with Crippen LogP contribution in [0.1, 0.15) is 32.4 Å². The molecule has 1 heterocycles. The number of carbonyl (C=O) groups excluding carboxylic acids is 1. The van der Waals surface area contributed by atoms with E-state index in [1.165, 1.54) is 4.68 Å². The average molecular weight is 395 g/mol. The number of benzene rings is 2. The molecule has 0 radical (unpaired) electrons. The number of aromatic nitrogens is 2. The van der Waals surface area contributed by atoms with Crippen molar-refractivity contribution in [3.63, 3.8) is 0 Å². The summed E-state index contributed by atoms with van der Waals surface area (Å²) in [5.41, 5.74) is 7.08. The number of nitrogens with two attached hydrogens (primary N) is 1. The quantitative estimate of drug-likeness (QED) is 0.725. The number of nitrogens with zero attached hydrogens (tertiary/aromatic N) is 2. The molecule has 2 N–H and O–H groups in total. The Bertz CT molecular complexity index is 1110.